The Morgan fingerprint density at radius 2 is 2.41 bits per heavy atom. The molecule has 1 rings (SSSR count). The Kier molecular flexibility index (Phi) is 6.72. The number of thiophene rings is 1. The van der Waals surface area contributed by atoms with E-state index in [0.717, 1.165) is 15.1 Å². The van der Waals surface area contributed by atoms with Crippen molar-refractivity contribution in [1.29, 1.82) is 0 Å². The zero-order valence-corrected chi connectivity index (χ0v) is 12.1. The first-order valence-electron chi connectivity index (χ1n) is 5.40. The molecule has 4 nitrogen and oxygen atoms in total. The van der Waals surface area contributed by atoms with Crippen molar-refractivity contribution in [2.45, 2.75) is 25.4 Å². The molecule has 1 aromatic heterocycles. The number of amides is 1. The van der Waals surface area contributed by atoms with E-state index in [9.17, 15) is 4.79 Å². The van der Waals surface area contributed by atoms with Crippen LogP contribution in [0.15, 0.2) is 15.9 Å². The van der Waals surface area contributed by atoms with Gasteiger partial charge in [0.15, 0.2) is 0 Å². The summed E-state index contributed by atoms with van der Waals surface area (Å²) in [6.07, 6.45) is 1.45. The summed E-state index contributed by atoms with van der Waals surface area (Å²) in [6, 6.07) is 3.49. The molecule has 0 aromatic carbocycles. The molecule has 3 N–H and O–H groups in total. The lowest BCUT2D eigenvalue weighted by molar-refractivity contribution is -0.122. The summed E-state index contributed by atoms with van der Waals surface area (Å²) in [5.74, 6) is -0.106. The van der Waals surface area contributed by atoms with Crippen molar-refractivity contribution in [3.8, 4) is 0 Å². The van der Waals surface area contributed by atoms with Crippen molar-refractivity contribution in [3.63, 3.8) is 0 Å². The summed E-state index contributed by atoms with van der Waals surface area (Å²) in [6.45, 7) is 1.17. The molecule has 17 heavy (non-hydrogen) atoms. The van der Waals surface area contributed by atoms with Gasteiger partial charge >= 0.3 is 0 Å². The van der Waals surface area contributed by atoms with Gasteiger partial charge in [-0.25, -0.2) is 0 Å². The molecule has 1 aromatic rings. The zero-order valence-electron chi connectivity index (χ0n) is 9.74. The largest absolute Gasteiger partial charge is 0.385 e. The molecule has 1 heterocycles. The minimum Gasteiger partial charge on any atom is -0.385 e. The maximum atomic E-state index is 11.6. The van der Waals surface area contributed by atoms with Crippen LogP contribution in [0.1, 0.15) is 17.7 Å². The Morgan fingerprint density at radius 3 is 3.00 bits per heavy atom. The smallest absolute Gasteiger partial charge is 0.237 e. The molecule has 0 aliphatic carbocycles. The van der Waals surface area contributed by atoms with Gasteiger partial charge in [0, 0.05) is 18.6 Å². The molecular formula is C11H17BrN2O2S. The van der Waals surface area contributed by atoms with Gasteiger partial charge in [0.2, 0.25) is 5.91 Å². The Balaban J connectivity index is 2.24. The van der Waals surface area contributed by atoms with Crippen LogP contribution in [0.4, 0.5) is 0 Å². The highest BCUT2D eigenvalue weighted by Gasteiger charge is 2.12. The predicted molar refractivity (Wildman–Crippen MR) is 73.0 cm³/mol. The van der Waals surface area contributed by atoms with Crippen molar-refractivity contribution in [2.24, 2.45) is 5.73 Å². The van der Waals surface area contributed by atoms with Gasteiger partial charge < -0.3 is 15.8 Å². The first kappa shape index (κ1) is 14.6. The summed E-state index contributed by atoms with van der Waals surface area (Å²) in [5.41, 5.74) is 5.75. The Labute approximate surface area is 114 Å². The van der Waals surface area contributed by atoms with Crippen LogP contribution in [-0.4, -0.2) is 25.7 Å². The number of methoxy groups -OCH3 is 1. The second-order valence-electron chi connectivity index (χ2n) is 3.67. The summed E-state index contributed by atoms with van der Waals surface area (Å²) >= 11 is 4.98. The van der Waals surface area contributed by atoms with Crippen molar-refractivity contribution in [1.82, 2.24) is 5.32 Å². The molecule has 0 radical (unpaired) electrons. The van der Waals surface area contributed by atoms with Crippen LogP contribution in [0.3, 0.4) is 0 Å². The van der Waals surface area contributed by atoms with E-state index in [0.29, 0.717) is 19.6 Å². The molecular weight excluding hydrogens is 304 g/mol. The van der Waals surface area contributed by atoms with E-state index in [1.807, 2.05) is 12.1 Å². The molecule has 0 aliphatic rings. The number of rotatable bonds is 7. The quantitative estimate of drug-likeness (QED) is 0.754. The van der Waals surface area contributed by atoms with E-state index in [1.54, 1.807) is 18.4 Å². The molecule has 0 fully saturated rings. The SMILES string of the molecule is COCCCC(N)C(=O)NCc1ccc(Br)s1. The Hall–Kier alpha value is -0.430. The third-order valence-electron chi connectivity index (χ3n) is 2.27. The van der Waals surface area contributed by atoms with Crippen LogP contribution < -0.4 is 11.1 Å². The minimum atomic E-state index is -0.450. The number of nitrogens with two attached hydrogens (primary N) is 1. The second-order valence-corrected chi connectivity index (χ2v) is 6.21. The summed E-state index contributed by atoms with van der Waals surface area (Å²) < 4.78 is 5.97. The van der Waals surface area contributed by atoms with Crippen molar-refractivity contribution >= 4 is 33.2 Å². The molecule has 1 amide bonds. The highest BCUT2D eigenvalue weighted by Crippen LogP contribution is 2.21. The maximum absolute atomic E-state index is 11.6. The topological polar surface area (TPSA) is 64.3 Å². The number of ether oxygens (including phenoxy) is 1. The van der Waals surface area contributed by atoms with Crippen LogP contribution in [0.2, 0.25) is 0 Å². The van der Waals surface area contributed by atoms with Gasteiger partial charge in [0.05, 0.1) is 16.4 Å². The van der Waals surface area contributed by atoms with E-state index in [4.69, 9.17) is 10.5 Å². The lowest BCUT2D eigenvalue weighted by Gasteiger charge is -2.11. The highest BCUT2D eigenvalue weighted by atomic mass is 79.9. The molecule has 0 bridgehead atoms. The van der Waals surface area contributed by atoms with Gasteiger partial charge in [-0.15, -0.1) is 11.3 Å². The first-order chi connectivity index (χ1) is 8.13. The van der Waals surface area contributed by atoms with Crippen LogP contribution in [-0.2, 0) is 16.1 Å². The summed E-state index contributed by atoms with van der Waals surface area (Å²) in [5, 5.41) is 2.82. The van der Waals surface area contributed by atoms with E-state index in [1.165, 1.54) is 0 Å². The van der Waals surface area contributed by atoms with Gasteiger partial charge in [-0.3, -0.25) is 4.79 Å². The van der Waals surface area contributed by atoms with Crippen LogP contribution in [0.25, 0.3) is 0 Å². The average molecular weight is 321 g/mol. The third-order valence-corrected chi connectivity index (χ3v) is 3.89. The monoisotopic (exact) mass is 320 g/mol. The number of carbonyl (C=O) groups excluding carboxylic acids is 1. The lowest BCUT2D eigenvalue weighted by atomic mass is 10.1. The highest BCUT2D eigenvalue weighted by molar-refractivity contribution is 9.11. The fourth-order valence-electron chi connectivity index (χ4n) is 1.33. The van der Waals surface area contributed by atoms with Crippen LogP contribution in [0.5, 0.6) is 0 Å². The fourth-order valence-corrected chi connectivity index (χ4v) is 2.75. The standard InChI is InChI=1S/C11H17BrN2O2S/c1-16-6-2-3-9(13)11(15)14-7-8-4-5-10(12)17-8/h4-5,9H,2-3,6-7,13H2,1H3,(H,14,15). The van der Waals surface area contributed by atoms with Crippen LogP contribution in [0, 0.1) is 0 Å². The number of hydrogen-bond acceptors (Lipinski definition) is 4. The average Bonchev–Trinajstić information content (AvgIpc) is 2.72. The van der Waals surface area contributed by atoms with Crippen molar-refractivity contribution < 1.29 is 9.53 Å². The third kappa shape index (κ3) is 5.63. The molecule has 96 valence electrons. The first-order valence-corrected chi connectivity index (χ1v) is 7.01. The molecule has 0 spiro atoms. The number of halogens is 1. The van der Waals surface area contributed by atoms with E-state index in [2.05, 4.69) is 21.2 Å². The van der Waals surface area contributed by atoms with E-state index >= 15 is 0 Å². The fraction of sp³-hybridized carbons (Fsp3) is 0.545. The number of hydrogen-bond donors (Lipinski definition) is 2. The predicted octanol–water partition coefficient (Wildman–Crippen LogP) is 1.88. The van der Waals surface area contributed by atoms with Gasteiger partial charge in [-0.2, -0.15) is 0 Å². The lowest BCUT2D eigenvalue weighted by Crippen LogP contribution is -2.40. The van der Waals surface area contributed by atoms with Crippen LogP contribution >= 0.6 is 27.3 Å². The Morgan fingerprint density at radius 1 is 1.65 bits per heavy atom. The molecule has 1 unspecified atom stereocenters. The van der Waals surface area contributed by atoms with Gasteiger partial charge in [-0.05, 0) is 40.9 Å². The van der Waals surface area contributed by atoms with Crippen molar-refractivity contribution in [2.75, 3.05) is 13.7 Å². The molecule has 0 aliphatic heterocycles. The second kappa shape index (κ2) is 7.81. The number of nitrogens with one attached hydrogen (secondary N) is 1. The summed E-state index contributed by atoms with van der Waals surface area (Å²) in [4.78, 5) is 12.7. The van der Waals surface area contributed by atoms with Gasteiger partial charge in [0.25, 0.3) is 0 Å². The zero-order chi connectivity index (χ0) is 12.7. The van der Waals surface area contributed by atoms with Gasteiger partial charge in [0.1, 0.15) is 0 Å². The molecule has 6 heteroatoms. The molecule has 0 saturated carbocycles. The maximum Gasteiger partial charge on any atom is 0.237 e. The number of carbonyl (C=O) groups is 1. The normalized spacial score (nSPS) is 12.4. The van der Waals surface area contributed by atoms with E-state index in [-0.39, 0.29) is 5.91 Å². The molecule has 0 saturated heterocycles. The Bertz CT molecular complexity index is 357. The minimum absolute atomic E-state index is 0.106. The van der Waals surface area contributed by atoms with Gasteiger partial charge in [-0.1, -0.05) is 0 Å². The van der Waals surface area contributed by atoms with E-state index < -0.39 is 6.04 Å². The molecule has 1 atom stereocenters. The summed E-state index contributed by atoms with van der Waals surface area (Å²) in [7, 11) is 1.64. The van der Waals surface area contributed by atoms with Crippen molar-refractivity contribution in [3.05, 3.63) is 20.8 Å².